The van der Waals surface area contributed by atoms with Crippen molar-refractivity contribution < 1.29 is 4.79 Å². The summed E-state index contributed by atoms with van der Waals surface area (Å²) in [6.45, 7) is 1.80. The third kappa shape index (κ3) is 3.00. The molecule has 3 aromatic heterocycles. The SMILES string of the molecule is Cc1ccc(-n2c(=O)ccc3cnc4ccc(-n5cccn5)cc4c32)cc1N(C#N)C=O. The first-order valence-electron chi connectivity index (χ1n) is 9.80. The Morgan fingerprint density at radius 3 is 2.69 bits per heavy atom. The van der Waals surface area contributed by atoms with E-state index in [1.54, 1.807) is 52.8 Å². The van der Waals surface area contributed by atoms with Crippen molar-refractivity contribution in [2.24, 2.45) is 0 Å². The zero-order valence-corrected chi connectivity index (χ0v) is 17.0. The number of hydrogen-bond acceptors (Lipinski definition) is 5. The van der Waals surface area contributed by atoms with Crippen molar-refractivity contribution in [1.82, 2.24) is 19.3 Å². The Bertz CT molecular complexity index is 1600. The van der Waals surface area contributed by atoms with E-state index in [2.05, 4.69) is 10.1 Å². The molecule has 0 unspecified atom stereocenters. The van der Waals surface area contributed by atoms with Gasteiger partial charge in [-0.2, -0.15) is 10.4 Å². The maximum Gasteiger partial charge on any atom is 0.255 e. The van der Waals surface area contributed by atoms with Crippen LogP contribution in [0.5, 0.6) is 0 Å². The van der Waals surface area contributed by atoms with Gasteiger partial charge in [0.05, 0.1) is 28.1 Å². The molecule has 0 aliphatic rings. The number of fused-ring (bicyclic) bond motifs is 3. The fraction of sp³-hybridized carbons (Fsp3) is 0.0417. The number of amides is 1. The minimum atomic E-state index is -0.237. The Morgan fingerprint density at radius 2 is 1.94 bits per heavy atom. The Hall–Kier alpha value is -4.77. The van der Waals surface area contributed by atoms with Gasteiger partial charge in [-0.15, -0.1) is 0 Å². The zero-order chi connectivity index (χ0) is 22.2. The third-order valence-electron chi connectivity index (χ3n) is 5.39. The van der Waals surface area contributed by atoms with E-state index in [0.29, 0.717) is 23.3 Å². The van der Waals surface area contributed by atoms with Gasteiger partial charge in [0.25, 0.3) is 5.56 Å². The van der Waals surface area contributed by atoms with Crippen molar-refractivity contribution in [2.45, 2.75) is 6.92 Å². The monoisotopic (exact) mass is 420 g/mol. The van der Waals surface area contributed by atoms with Gasteiger partial charge in [-0.1, -0.05) is 6.07 Å². The Morgan fingerprint density at radius 1 is 1.09 bits per heavy atom. The molecule has 0 atom stereocenters. The number of pyridine rings is 2. The molecule has 0 fully saturated rings. The minimum absolute atomic E-state index is 0.237. The quantitative estimate of drug-likeness (QED) is 0.192. The molecule has 0 bridgehead atoms. The van der Waals surface area contributed by atoms with Crippen LogP contribution in [0.1, 0.15) is 5.56 Å². The normalized spacial score (nSPS) is 10.9. The van der Waals surface area contributed by atoms with Crippen LogP contribution in [0.15, 0.2) is 78.0 Å². The standard InChI is InChI=1S/C24H16N6O2/c1-16-3-5-19(12-22(16)28(14-25)15-31)30-23(32)8-4-17-13-26-21-7-6-18(11-20(21)24(17)30)29-10-2-9-27-29/h2-13,15H,1H3. The highest BCUT2D eigenvalue weighted by molar-refractivity contribution is 6.04. The number of carbonyl (C=O) groups is 1. The van der Waals surface area contributed by atoms with Gasteiger partial charge >= 0.3 is 0 Å². The zero-order valence-electron chi connectivity index (χ0n) is 17.0. The molecule has 32 heavy (non-hydrogen) atoms. The van der Waals surface area contributed by atoms with Crippen molar-refractivity contribution in [3.63, 3.8) is 0 Å². The molecule has 0 radical (unpaired) electrons. The van der Waals surface area contributed by atoms with Crippen LogP contribution in [0.4, 0.5) is 5.69 Å². The maximum atomic E-state index is 13.1. The summed E-state index contributed by atoms with van der Waals surface area (Å²) in [6, 6.07) is 16.0. The summed E-state index contributed by atoms with van der Waals surface area (Å²) >= 11 is 0. The average molecular weight is 420 g/mol. The number of nitriles is 1. The molecular weight excluding hydrogens is 404 g/mol. The molecule has 0 aliphatic carbocycles. The van der Waals surface area contributed by atoms with Gasteiger partial charge in [0.15, 0.2) is 6.19 Å². The summed E-state index contributed by atoms with van der Waals surface area (Å²) < 4.78 is 3.32. The lowest BCUT2D eigenvalue weighted by Crippen LogP contribution is -2.19. The molecule has 5 rings (SSSR count). The predicted molar refractivity (Wildman–Crippen MR) is 121 cm³/mol. The van der Waals surface area contributed by atoms with Crippen LogP contribution in [0, 0.1) is 18.4 Å². The lowest BCUT2D eigenvalue weighted by molar-refractivity contribution is -0.106. The lowest BCUT2D eigenvalue weighted by Gasteiger charge is -2.16. The van der Waals surface area contributed by atoms with E-state index in [4.69, 9.17) is 0 Å². The lowest BCUT2D eigenvalue weighted by atomic mass is 10.1. The number of benzene rings is 2. The number of rotatable bonds is 4. The average Bonchev–Trinajstić information content (AvgIpc) is 3.36. The van der Waals surface area contributed by atoms with Crippen molar-refractivity contribution >= 4 is 33.9 Å². The summed E-state index contributed by atoms with van der Waals surface area (Å²) in [5.41, 5.74) is 3.70. The molecule has 0 spiro atoms. The van der Waals surface area contributed by atoms with Crippen LogP contribution in [-0.2, 0) is 4.79 Å². The summed E-state index contributed by atoms with van der Waals surface area (Å²) in [6.07, 6.45) is 7.57. The van der Waals surface area contributed by atoms with Crippen LogP contribution in [-0.4, -0.2) is 25.7 Å². The molecule has 1 amide bonds. The smallest absolute Gasteiger partial charge is 0.255 e. The number of aromatic nitrogens is 4. The molecule has 5 aromatic rings. The second kappa shape index (κ2) is 7.49. The van der Waals surface area contributed by atoms with Crippen LogP contribution in [0.25, 0.3) is 33.2 Å². The van der Waals surface area contributed by atoms with Gasteiger partial charge in [0, 0.05) is 35.4 Å². The summed E-state index contributed by atoms with van der Waals surface area (Å²) in [4.78, 5) is 29.9. The van der Waals surface area contributed by atoms with Crippen LogP contribution in [0.3, 0.4) is 0 Å². The van der Waals surface area contributed by atoms with Gasteiger partial charge < -0.3 is 0 Å². The number of nitrogens with zero attached hydrogens (tertiary/aromatic N) is 6. The largest absolute Gasteiger partial charge is 0.277 e. The Balaban J connectivity index is 1.86. The van der Waals surface area contributed by atoms with E-state index in [1.165, 1.54) is 6.07 Å². The Kier molecular flexibility index (Phi) is 4.49. The highest BCUT2D eigenvalue weighted by atomic mass is 16.1. The summed E-state index contributed by atoms with van der Waals surface area (Å²) in [5, 5.41) is 15.2. The first-order chi connectivity index (χ1) is 15.6. The molecule has 3 heterocycles. The van der Waals surface area contributed by atoms with Gasteiger partial charge in [-0.05, 0) is 55.0 Å². The van der Waals surface area contributed by atoms with E-state index in [9.17, 15) is 14.9 Å². The van der Waals surface area contributed by atoms with Crippen LogP contribution < -0.4 is 10.5 Å². The highest BCUT2D eigenvalue weighted by Gasteiger charge is 2.14. The van der Waals surface area contributed by atoms with Gasteiger partial charge in [-0.25, -0.2) is 9.58 Å². The van der Waals surface area contributed by atoms with E-state index in [1.807, 2.05) is 36.7 Å². The molecule has 0 aliphatic heterocycles. The van der Waals surface area contributed by atoms with Gasteiger partial charge in [-0.3, -0.25) is 19.1 Å². The summed E-state index contributed by atoms with van der Waals surface area (Å²) in [5.74, 6) is 0. The van der Waals surface area contributed by atoms with E-state index < -0.39 is 0 Å². The molecule has 0 N–H and O–H groups in total. The second-order valence-electron chi connectivity index (χ2n) is 7.27. The maximum absolute atomic E-state index is 13.1. The van der Waals surface area contributed by atoms with Crippen LogP contribution in [0.2, 0.25) is 0 Å². The fourth-order valence-electron chi connectivity index (χ4n) is 3.85. The number of anilines is 1. The molecule has 8 nitrogen and oxygen atoms in total. The van der Waals surface area contributed by atoms with E-state index in [-0.39, 0.29) is 5.56 Å². The molecule has 154 valence electrons. The van der Waals surface area contributed by atoms with Crippen molar-refractivity contribution in [3.05, 3.63) is 89.1 Å². The molecule has 2 aromatic carbocycles. The van der Waals surface area contributed by atoms with E-state index >= 15 is 0 Å². The first kappa shape index (κ1) is 19.2. The molecule has 0 saturated heterocycles. The molecule has 8 heteroatoms. The summed E-state index contributed by atoms with van der Waals surface area (Å²) in [7, 11) is 0. The van der Waals surface area contributed by atoms with Crippen molar-refractivity contribution in [3.8, 4) is 17.6 Å². The highest BCUT2D eigenvalue weighted by Crippen LogP contribution is 2.29. The van der Waals surface area contributed by atoms with Crippen molar-refractivity contribution in [2.75, 3.05) is 4.90 Å². The van der Waals surface area contributed by atoms with Gasteiger partial charge in [0.2, 0.25) is 6.41 Å². The number of hydrogen-bond donors (Lipinski definition) is 0. The first-order valence-corrected chi connectivity index (χ1v) is 9.80. The molecule has 0 saturated carbocycles. The topological polar surface area (TPSA) is 96.8 Å². The minimum Gasteiger partial charge on any atom is -0.277 e. The third-order valence-corrected chi connectivity index (χ3v) is 5.39. The Labute approximate surface area is 182 Å². The predicted octanol–water partition coefficient (Wildman–Crippen LogP) is 3.48. The van der Waals surface area contributed by atoms with Gasteiger partial charge in [0.1, 0.15) is 0 Å². The van der Waals surface area contributed by atoms with E-state index in [0.717, 1.165) is 32.4 Å². The number of aryl methyl sites for hydroxylation is 1. The van der Waals surface area contributed by atoms with Crippen molar-refractivity contribution in [1.29, 1.82) is 5.26 Å². The van der Waals surface area contributed by atoms with Crippen LogP contribution >= 0.6 is 0 Å². The fourth-order valence-corrected chi connectivity index (χ4v) is 3.85. The second-order valence-corrected chi connectivity index (χ2v) is 7.27. The number of carbonyl (C=O) groups excluding carboxylic acids is 1. The molecular formula is C24H16N6O2.